The van der Waals surface area contributed by atoms with Crippen molar-refractivity contribution in [1.82, 2.24) is 9.55 Å². The number of aryl methyl sites for hydroxylation is 4. The molecule has 2 aromatic heterocycles. The van der Waals surface area contributed by atoms with Gasteiger partial charge in [-0.15, -0.1) is 11.3 Å². The second-order valence-corrected chi connectivity index (χ2v) is 10.6. The van der Waals surface area contributed by atoms with Crippen LogP contribution < -0.4 is 10.3 Å². The van der Waals surface area contributed by atoms with Crippen molar-refractivity contribution in [3.05, 3.63) is 79.9 Å². The molecule has 0 unspecified atom stereocenters. The molecule has 2 heterocycles. The van der Waals surface area contributed by atoms with E-state index in [-0.39, 0.29) is 17.1 Å². The van der Waals surface area contributed by atoms with Gasteiger partial charge in [0.1, 0.15) is 10.6 Å². The van der Waals surface area contributed by atoms with Crippen LogP contribution in [0.3, 0.4) is 0 Å². The molecular weight excluding hydrogens is 464 g/mol. The quantitative estimate of drug-likeness (QED) is 0.183. The molecule has 0 bridgehead atoms. The second-order valence-electron chi connectivity index (χ2n) is 8.53. The van der Waals surface area contributed by atoms with E-state index in [1.807, 2.05) is 63.2 Å². The van der Waals surface area contributed by atoms with Crippen molar-refractivity contribution < 1.29 is 9.53 Å². The van der Waals surface area contributed by atoms with Gasteiger partial charge in [-0.3, -0.25) is 14.2 Å². The van der Waals surface area contributed by atoms with Crippen LogP contribution in [0.5, 0.6) is 5.75 Å². The van der Waals surface area contributed by atoms with Gasteiger partial charge in [-0.2, -0.15) is 0 Å². The molecule has 2 aromatic carbocycles. The van der Waals surface area contributed by atoms with Gasteiger partial charge in [0.15, 0.2) is 10.9 Å². The Morgan fingerprint density at radius 1 is 1.15 bits per heavy atom. The van der Waals surface area contributed by atoms with Crippen molar-refractivity contribution in [2.24, 2.45) is 0 Å². The smallest absolute Gasteiger partial charge is 0.267 e. The van der Waals surface area contributed by atoms with Gasteiger partial charge in [0.2, 0.25) is 0 Å². The first-order valence-corrected chi connectivity index (χ1v) is 13.3. The summed E-state index contributed by atoms with van der Waals surface area (Å²) in [7, 11) is 0. The Labute approximate surface area is 206 Å². The Morgan fingerprint density at radius 3 is 2.71 bits per heavy atom. The summed E-state index contributed by atoms with van der Waals surface area (Å²) in [4.78, 5) is 33.8. The molecule has 0 atom stereocenters. The van der Waals surface area contributed by atoms with E-state index in [4.69, 9.17) is 9.72 Å². The lowest BCUT2D eigenvalue weighted by atomic mass is 10.0. The third kappa shape index (κ3) is 4.18. The van der Waals surface area contributed by atoms with E-state index in [1.54, 1.807) is 15.9 Å². The second kappa shape index (κ2) is 9.39. The summed E-state index contributed by atoms with van der Waals surface area (Å²) in [6.07, 6.45) is 3.01. The maximum atomic E-state index is 13.8. The average molecular weight is 491 g/mol. The minimum absolute atomic E-state index is 0.0347. The Hall–Kier alpha value is -2.90. The molecule has 0 fully saturated rings. The number of benzene rings is 2. The molecule has 7 heteroatoms. The zero-order chi connectivity index (χ0) is 23.8. The Kier molecular flexibility index (Phi) is 6.32. The maximum absolute atomic E-state index is 13.8. The van der Waals surface area contributed by atoms with Crippen LogP contribution in [0.15, 0.2) is 52.4 Å². The molecule has 0 N–H and O–H groups in total. The molecule has 5 nitrogen and oxygen atoms in total. The summed E-state index contributed by atoms with van der Waals surface area (Å²) in [5.41, 5.74) is 4.55. The van der Waals surface area contributed by atoms with Crippen LogP contribution in [0.2, 0.25) is 0 Å². The zero-order valence-electron chi connectivity index (χ0n) is 19.5. The first kappa shape index (κ1) is 22.9. The highest BCUT2D eigenvalue weighted by Gasteiger charge is 2.24. The number of carbonyl (C=O) groups is 1. The third-order valence-corrected chi connectivity index (χ3v) is 8.26. The fourth-order valence-corrected chi connectivity index (χ4v) is 6.65. The van der Waals surface area contributed by atoms with Crippen LogP contribution in [0.1, 0.15) is 45.3 Å². The van der Waals surface area contributed by atoms with Gasteiger partial charge in [-0.25, -0.2) is 4.98 Å². The third-order valence-electron chi connectivity index (χ3n) is 6.14. The maximum Gasteiger partial charge on any atom is 0.267 e. The monoisotopic (exact) mass is 490 g/mol. The first-order valence-electron chi connectivity index (χ1n) is 11.5. The number of rotatable bonds is 7. The fourth-order valence-electron chi connectivity index (χ4n) is 4.45. The van der Waals surface area contributed by atoms with Crippen molar-refractivity contribution in [3.63, 3.8) is 0 Å². The summed E-state index contributed by atoms with van der Waals surface area (Å²) in [6.45, 7) is 6.45. The van der Waals surface area contributed by atoms with Crippen molar-refractivity contribution in [1.29, 1.82) is 0 Å². The minimum atomic E-state index is -0.0600. The molecule has 0 aliphatic heterocycles. The summed E-state index contributed by atoms with van der Waals surface area (Å²) >= 11 is 2.94. The Balaban J connectivity index is 1.57. The number of ketones is 1. The van der Waals surface area contributed by atoms with Crippen LogP contribution in [-0.4, -0.2) is 27.7 Å². The van der Waals surface area contributed by atoms with E-state index < -0.39 is 0 Å². The molecule has 1 aliphatic carbocycles. The molecular formula is C27H26N2O3S2. The van der Waals surface area contributed by atoms with Gasteiger partial charge in [0.05, 0.1) is 23.4 Å². The van der Waals surface area contributed by atoms with Crippen molar-refractivity contribution >= 4 is 39.1 Å². The van der Waals surface area contributed by atoms with E-state index in [2.05, 4.69) is 0 Å². The number of ether oxygens (including phenoxy) is 1. The molecule has 0 radical (unpaired) electrons. The highest BCUT2D eigenvalue weighted by atomic mass is 32.2. The van der Waals surface area contributed by atoms with Gasteiger partial charge < -0.3 is 4.74 Å². The van der Waals surface area contributed by atoms with Crippen molar-refractivity contribution in [2.75, 3.05) is 12.4 Å². The normalized spacial score (nSPS) is 12.8. The van der Waals surface area contributed by atoms with E-state index in [9.17, 15) is 9.59 Å². The summed E-state index contributed by atoms with van der Waals surface area (Å²) < 4.78 is 7.23. The van der Waals surface area contributed by atoms with Gasteiger partial charge in [-0.05, 0) is 81.5 Å². The van der Waals surface area contributed by atoms with Crippen molar-refractivity contribution in [2.45, 2.75) is 45.2 Å². The highest BCUT2D eigenvalue weighted by molar-refractivity contribution is 7.99. The summed E-state index contributed by atoms with van der Waals surface area (Å²) in [5, 5.41) is 1.27. The van der Waals surface area contributed by atoms with E-state index >= 15 is 0 Å². The topological polar surface area (TPSA) is 61.2 Å². The number of Topliss-reactive ketones (excluding diaryl/α,β-unsaturated/α-hetero) is 1. The Morgan fingerprint density at radius 2 is 1.94 bits per heavy atom. The molecule has 5 rings (SSSR count). The van der Waals surface area contributed by atoms with Crippen LogP contribution in [0.4, 0.5) is 0 Å². The number of thioether (sulfide) groups is 1. The molecule has 0 saturated carbocycles. The molecule has 0 amide bonds. The molecule has 1 aliphatic rings. The number of fused-ring (bicyclic) bond motifs is 3. The number of aromatic nitrogens is 2. The Bertz CT molecular complexity index is 1450. The van der Waals surface area contributed by atoms with E-state index in [1.165, 1.54) is 16.6 Å². The van der Waals surface area contributed by atoms with Crippen LogP contribution in [0.25, 0.3) is 15.9 Å². The number of nitrogens with zero attached hydrogens (tertiary/aromatic N) is 2. The van der Waals surface area contributed by atoms with Gasteiger partial charge in [0, 0.05) is 10.4 Å². The number of hydrogen-bond acceptors (Lipinski definition) is 6. The van der Waals surface area contributed by atoms with Crippen LogP contribution >= 0.6 is 23.1 Å². The zero-order valence-corrected chi connectivity index (χ0v) is 21.1. The lowest BCUT2D eigenvalue weighted by Gasteiger charge is -2.13. The van der Waals surface area contributed by atoms with Crippen LogP contribution in [-0.2, 0) is 12.8 Å². The standard InChI is InChI=1S/C27H26N2O3S2/c1-4-32-19-12-10-18(11-13-19)29-26(31)24-20-6-5-7-23(20)34-25(24)28-27(29)33-15-22(30)21-14-16(2)8-9-17(21)3/h8-14H,4-7,15H2,1-3H3. The molecule has 0 saturated heterocycles. The molecule has 174 valence electrons. The predicted octanol–water partition coefficient (Wildman–Crippen LogP) is 5.93. The predicted molar refractivity (Wildman–Crippen MR) is 139 cm³/mol. The first-order chi connectivity index (χ1) is 16.5. The molecule has 4 aromatic rings. The molecule has 34 heavy (non-hydrogen) atoms. The SMILES string of the molecule is CCOc1ccc(-n2c(SCC(=O)c3cc(C)ccc3C)nc3sc4c(c3c2=O)CCC4)cc1. The number of thiophene rings is 1. The van der Waals surface area contributed by atoms with E-state index in [0.717, 1.165) is 63.2 Å². The summed E-state index contributed by atoms with van der Waals surface area (Å²) in [6, 6.07) is 13.4. The average Bonchev–Trinajstić information content (AvgIpc) is 3.41. The molecule has 0 spiro atoms. The van der Waals surface area contributed by atoms with Gasteiger partial charge in [0.25, 0.3) is 5.56 Å². The van der Waals surface area contributed by atoms with Crippen molar-refractivity contribution in [3.8, 4) is 11.4 Å². The lowest BCUT2D eigenvalue weighted by Crippen LogP contribution is -2.22. The number of hydrogen-bond donors (Lipinski definition) is 0. The largest absolute Gasteiger partial charge is 0.494 e. The highest BCUT2D eigenvalue weighted by Crippen LogP contribution is 2.36. The van der Waals surface area contributed by atoms with Gasteiger partial charge in [-0.1, -0.05) is 29.5 Å². The van der Waals surface area contributed by atoms with Crippen LogP contribution in [0, 0.1) is 13.8 Å². The minimum Gasteiger partial charge on any atom is -0.494 e. The number of carbonyl (C=O) groups excluding carboxylic acids is 1. The van der Waals surface area contributed by atoms with E-state index in [0.29, 0.717) is 11.8 Å². The fraction of sp³-hybridized carbons (Fsp3) is 0.296. The summed E-state index contributed by atoms with van der Waals surface area (Å²) in [5.74, 6) is 1.00. The van der Waals surface area contributed by atoms with Gasteiger partial charge >= 0.3 is 0 Å². The lowest BCUT2D eigenvalue weighted by molar-refractivity contribution is 0.102.